The SMILES string of the molecule is N#CC(CN1CCCCC1C(N)=O)c1ccccc1. The van der Waals surface area contributed by atoms with Crippen LogP contribution in [0.5, 0.6) is 0 Å². The molecule has 1 aromatic rings. The molecule has 1 fully saturated rings. The van der Waals surface area contributed by atoms with Gasteiger partial charge in [0, 0.05) is 6.54 Å². The molecule has 2 rings (SSSR count). The van der Waals surface area contributed by atoms with E-state index in [4.69, 9.17) is 5.73 Å². The van der Waals surface area contributed by atoms with Crippen LogP contribution < -0.4 is 5.73 Å². The highest BCUT2D eigenvalue weighted by Crippen LogP contribution is 2.22. The maximum Gasteiger partial charge on any atom is 0.234 e. The van der Waals surface area contributed by atoms with Gasteiger partial charge < -0.3 is 5.73 Å². The van der Waals surface area contributed by atoms with Crippen LogP contribution >= 0.6 is 0 Å². The van der Waals surface area contributed by atoms with Gasteiger partial charge in [-0.25, -0.2) is 0 Å². The summed E-state index contributed by atoms with van der Waals surface area (Å²) in [6.07, 6.45) is 2.91. The molecule has 0 saturated carbocycles. The van der Waals surface area contributed by atoms with Gasteiger partial charge in [-0.2, -0.15) is 5.26 Å². The molecule has 1 saturated heterocycles. The van der Waals surface area contributed by atoms with E-state index in [1.165, 1.54) is 0 Å². The standard InChI is InChI=1S/C15H19N3O/c16-10-13(12-6-2-1-3-7-12)11-18-9-5-4-8-14(18)15(17)19/h1-3,6-7,13-14H,4-5,8-9,11H2,(H2,17,19). The van der Waals surface area contributed by atoms with Crippen LogP contribution in [-0.2, 0) is 4.79 Å². The third-order valence-electron chi connectivity index (χ3n) is 3.72. The topological polar surface area (TPSA) is 70.1 Å². The van der Waals surface area contributed by atoms with Crippen LogP contribution in [0, 0.1) is 11.3 Å². The molecule has 2 atom stereocenters. The second kappa shape index (κ2) is 6.35. The normalized spacial score (nSPS) is 21.5. The summed E-state index contributed by atoms with van der Waals surface area (Å²) in [5.41, 5.74) is 6.45. The first-order valence-corrected chi connectivity index (χ1v) is 6.70. The molecule has 0 aromatic heterocycles. The van der Waals surface area contributed by atoms with E-state index in [0.717, 1.165) is 31.4 Å². The molecular weight excluding hydrogens is 238 g/mol. The van der Waals surface area contributed by atoms with E-state index < -0.39 is 0 Å². The Morgan fingerprint density at radius 1 is 1.42 bits per heavy atom. The molecule has 100 valence electrons. The van der Waals surface area contributed by atoms with Crippen molar-refractivity contribution in [2.75, 3.05) is 13.1 Å². The minimum Gasteiger partial charge on any atom is -0.368 e. The second-order valence-electron chi connectivity index (χ2n) is 5.00. The average molecular weight is 257 g/mol. The minimum absolute atomic E-state index is 0.207. The smallest absolute Gasteiger partial charge is 0.234 e. The molecule has 2 N–H and O–H groups in total. The number of nitriles is 1. The number of carbonyl (C=O) groups is 1. The largest absolute Gasteiger partial charge is 0.368 e. The van der Waals surface area contributed by atoms with Crippen molar-refractivity contribution < 1.29 is 4.79 Å². The Morgan fingerprint density at radius 2 is 2.16 bits per heavy atom. The molecule has 1 aliphatic heterocycles. The first kappa shape index (κ1) is 13.6. The summed E-state index contributed by atoms with van der Waals surface area (Å²) in [6.45, 7) is 1.42. The van der Waals surface area contributed by atoms with E-state index >= 15 is 0 Å². The highest BCUT2D eigenvalue weighted by Gasteiger charge is 2.29. The van der Waals surface area contributed by atoms with Gasteiger partial charge >= 0.3 is 0 Å². The van der Waals surface area contributed by atoms with Crippen molar-refractivity contribution in [3.8, 4) is 6.07 Å². The number of primary amides is 1. The van der Waals surface area contributed by atoms with Crippen molar-refractivity contribution in [3.63, 3.8) is 0 Å². The van der Waals surface area contributed by atoms with Crippen LogP contribution in [0.4, 0.5) is 0 Å². The summed E-state index contributed by atoms with van der Waals surface area (Å²) in [5, 5.41) is 9.34. The first-order chi connectivity index (χ1) is 9.22. The summed E-state index contributed by atoms with van der Waals surface area (Å²) >= 11 is 0. The molecule has 1 aliphatic rings. The lowest BCUT2D eigenvalue weighted by Gasteiger charge is -2.34. The molecule has 0 bridgehead atoms. The van der Waals surface area contributed by atoms with Crippen molar-refractivity contribution >= 4 is 5.91 Å². The van der Waals surface area contributed by atoms with E-state index in [9.17, 15) is 10.1 Å². The summed E-state index contributed by atoms with van der Waals surface area (Å²) in [4.78, 5) is 13.5. The molecule has 2 unspecified atom stereocenters. The van der Waals surface area contributed by atoms with Gasteiger partial charge in [-0.3, -0.25) is 9.69 Å². The number of rotatable bonds is 4. The van der Waals surface area contributed by atoms with Gasteiger partial charge in [-0.05, 0) is 24.9 Å². The molecule has 1 aromatic carbocycles. The van der Waals surface area contributed by atoms with Crippen LogP contribution in [-0.4, -0.2) is 29.9 Å². The number of amides is 1. The molecule has 0 radical (unpaired) electrons. The van der Waals surface area contributed by atoms with Gasteiger partial charge in [0.15, 0.2) is 0 Å². The first-order valence-electron chi connectivity index (χ1n) is 6.70. The highest BCUT2D eigenvalue weighted by atomic mass is 16.1. The summed E-state index contributed by atoms with van der Waals surface area (Å²) in [6, 6.07) is 11.8. The van der Waals surface area contributed by atoms with E-state index in [0.29, 0.717) is 6.54 Å². The molecule has 1 heterocycles. The molecule has 0 aliphatic carbocycles. The quantitative estimate of drug-likeness (QED) is 0.891. The Hall–Kier alpha value is -1.86. The van der Waals surface area contributed by atoms with Crippen molar-refractivity contribution in [1.29, 1.82) is 5.26 Å². The van der Waals surface area contributed by atoms with Crippen LogP contribution in [0.3, 0.4) is 0 Å². The number of hydrogen-bond donors (Lipinski definition) is 1. The highest BCUT2D eigenvalue weighted by molar-refractivity contribution is 5.79. The second-order valence-corrected chi connectivity index (χ2v) is 5.00. The van der Waals surface area contributed by atoms with E-state index in [1.54, 1.807) is 0 Å². The maximum absolute atomic E-state index is 11.5. The van der Waals surface area contributed by atoms with Crippen LogP contribution in [0.25, 0.3) is 0 Å². The van der Waals surface area contributed by atoms with Crippen LogP contribution in [0.1, 0.15) is 30.7 Å². The van der Waals surface area contributed by atoms with Crippen LogP contribution in [0.15, 0.2) is 30.3 Å². The number of nitrogens with two attached hydrogens (primary N) is 1. The minimum atomic E-state index is -0.274. The molecule has 4 nitrogen and oxygen atoms in total. The fourth-order valence-electron chi connectivity index (χ4n) is 2.67. The summed E-state index contributed by atoms with van der Waals surface area (Å²) in [5.74, 6) is -0.481. The molecular formula is C15H19N3O. The lowest BCUT2D eigenvalue weighted by atomic mass is 9.96. The van der Waals surface area contributed by atoms with Crippen molar-refractivity contribution in [1.82, 2.24) is 4.90 Å². The zero-order valence-corrected chi connectivity index (χ0v) is 11.0. The number of likely N-dealkylation sites (tertiary alicyclic amines) is 1. The van der Waals surface area contributed by atoms with Crippen molar-refractivity contribution in [3.05, 3.63) is 35.9 Å². The van der Waals surface area contributed by atoms with Gasteiger partial charge in [0.25, 0.3) is 0 Å². The Bertz CT molecular complexity index is 466. The van der Waals surface area contributed by atoms with E-state index in [1.807, 2.05) is 30.3 Å². The predicted molar refractivity (Wildman–Crippen MR) is 73.2 cm³/mol. The monoisotopic (exact) mass is 257 g/mol. The third kappa shape index (κ3) is 3.33. The Morgan fingerprint density at radius 3 is 2.79 bits per heavy atom. The fraction of sp³-hybridized carbons (Fsp3) is 0.467. The van der Waals surface area contributed by atoms with Gasteiger partial charge in [0.05, 0.1) is 18.0 Å². The lowest BCUT2D eigenvalue weighted by molar-refractivity contribution is -0.124. The van der Waals surface area contributed by atoms with Gasteiger partial charge in [-0.1, -0.05) is 36.8 Å². The van der Waals surface area contributed by atoms with Gasteiger partial charge in [-0.15, -0.1) is 0 Å². The Labute approximate surface area is 113 Å². The number of benzene rings is 1. The van der Waals surface area contributed by atoms with Crippen LogP contribution in [0.2, 0.25) is 0 Å². The van der Waals surface area contributed by atoms with E-state index in [-0.39, 0.29) is 17.9 Å². The zero-order chi connectivity index (χ0) is 13.7. The van der Waals surface area contributed by atoms with Crippen molar-refractivity contribution in [2.45, 2.75) is 31.2 Å². The Balaban J connectivity index is 2.09. The predicted octanol–water partition coefficient (Wildman–Crippen LogP) is 1.63. The molecule has 19 heavy (non-hydrogen) atoms. The lowest BCUT2D eigenvalue weighted by Crippen LogP contribution is -2.48. The number of piperidine rings is 1. The van der Waals surface area contributed by atoms with Gasteiger partial charge in [0.1, 0.15) is 0 Å². The molecule has 0 spiro atoms. The third-order valence-corrected chi connectivity index (χ3v) is 3.72. The summed E-state index contributed by atoms with van der Waals surface area (Å²) in [7, 11) is 0. The van der Waals surface area contributed by atoms with Crippen molar-refractivity contribution in [2.24, 2.45) is 5.73 Å². The zero-order valence-electron chi connectivity index (χ0n) is 11.0. The summed E-state index contributed by atoms with van der Waals surface area (Å²) < 4.78 is 0. The average Bonchev–Trinajstić information content (AvgIpc) is 2.46. The molecule has 4 heteroatoms. The maximum atomic E-state index is 11.5. The Kier molecular flexibility index (Phi) is 4.53. The number of nitrogens with zero attached hydrogens (tertiary/aromatic N) is 2. The van der Waals surface area contributed by atoms with E-state index in [2.05, 4.69) is 11.0 Å². The fourth-order valence-corrected chi connectivity index (χ4v) is 2.67. The number of carbonyl (C=O) groups excluding carboxylic acids is 1. The molecule has 1 amide bonds. The van der Waals surface area contributed by atoms with Gasteiger partial charge in [0.2, 0.25) is 5.91 Å². The number of hydrogen-bond acceptors (Lipinski definition) is 3.